The summed E-state index contributed by atoms with van der Waals surface area (Å²) in [6.45, 7) is 0.419. The summed E-state index contributed by atoms with van der Waals surface area (Å²) in [6, 6.07) is 4.20. The average molecular weight is 326 g/mol. The molecule has 2 fully saturated rings. The lowest BCUT2D eigenvalue weighted by atomic mass is 9.97. The van der Waals surface area contributed by atoms with Gasteiger partial charge in [0.2, 0.25) is 11.8 Å². The van der Waals surface area contributed by atoms with Crippen LogP contribution in [0.25, 0.3) is 0 Å². The van der Waals surface area contributed by atoms with Gasteiger partial charge >= 0.3 is 6.18 Å². The number of hydrogen-bond donors (Lipinski definition) is 1. The molecule has 0 aromatic heterocycles. The highest BCUT2D eigenvalue weighted by Crippen LogP contribution is 2.40. The van der Waals surface area contributed by atoms with Gasteiger partial charge in [-0.25, -0.2) is 0 Å². The lowest BCUT2D eigenvalue weighted by Gasteiger charge is -2.29. The predicted molar refractivity (Wildman–Crippen MR) is 76.3 cm³/mol. The summed E-state index contributed by atoms with van der Waals surface area (Å²) in [5, 5.41) is 2.60. The maximum Gasteiger partial charge on any atom is 0.416 e. The quantitative estimate of drug-likeness (QED) is 0.908. The van der Waals surface area contributed by atoms with E-state index in [9.17, 15) is 22.8 Å². The summed E-state index contributed by atoms with van der Waals surface area (Å²) in [5.74, 6) is -0.467. The number of likely N-dealkylation sites (tertiary alicyclic amines) is 1. The Morgan fingerprint density at radius 3 is 2.61 bits per heavy atom. The van der Waals surface area contributed by atoms with Crippen molar-refractivity contribution in [2.45, 2.75) is 43.9 Å². The molecule has 0 unspecified atom stereocenters. The first-order chi connectivity index (χ1) is 10.9. The molecule has 1 aromatic carbocycles. The van der Waals surface area contributed by atoms with Crippen molar-refractivity contribution >= 4 is 11.8 Å². The first-order valence-electron chi connectivity index (χ1n) is 7.64. The van der Waals surface area contributed by atoms with Crippen LogP contribution in [-0.4, -0.2) is 29.3 Å². The molecule has 1 aromatic rings. The summed E-state index contributed by atoms with van der Waals surface area (Å²) < 4.78 is 39.7. The Morgan fingerprint density at radius 1 is 1.22 bits per heavy atom. The molecule has 3 rings (SSSR count). The monoisotopic (exact) mass is 326 g/mol. The Bertz CT molecular complexity index is 630. The Balaban J connectivity index is 1.88. The molecule has 0 bridgehead atoms. The van der Waals surface area contributed by atoms with E-state index >= 15 is 0 Å². The first-order valence-corrected chi connectivity index (χ1v) is 7.64. The second-order valence-corrected chi connectivity index (χ2v) is 5.93. The number of amides is 2. The van der Waals surface area contributed by atoms with Crippen LogP contribution in [0.1, 0.15) is 42.9 Å². The molecule has 4 nitrogen and oxygen atoms in total. The number of hydrogen-bond acceptors (Lipinski definition) is 2. The molecule has 1 N–H and O–H groups in total. The second kappa shape index (κ2) is 5.86. The van der Waals surface area contributed by atoms with Crippen LogP contribution in [0.2, 0.25) is 0 Å². The maximum atomic E-state index is 13.2. The minimum absolute atomic E-state index is 0.134. The standard InChI is InChI=1S/C16H17F3N2O2/c17-16(18,19)11-5-2-1-4-10(11)13-6-3-9-21(13)15(23)12-7-8-14(22)20-12/h1-2,4-5,12-13H,3,6-9H2,(H,20,22)/t12-,13-/m0/s1. The number of nitrogens with one attached hydrogen (secondary N) is 1. The molecule has 2 atom stereocenters. The fourth-order valence-corrected chi connectivity index (χ4v) is 3.40. The zero-order valence-corrected chi connectivity index (χ0v) is 12.4. The number of carbonyl (C=O) groups excluding carboxylic acids is 2. The Morgan fingerprint density at radius 2 is 1.96 bits per heavy atom. The fourth-order valence-electron chi connectivity index (χ4n) is 3.40. The molecule has 0 spiro atoms. The van der Waals surface area contributed by atoms with Crippen molar-refractivity contribution in [3.8, 4) is 0 Å². The number of nitrogens with zero attached hydrogens (tertiary/aromatic N) is 1. The van der Waals surface area contributed by atoms with E-state index in [2.05, 4.69) is 5.32 Å². The zero-order chi connectivity index (χ0) is 16.6. The molecule has 0 radical (unpaired) electrons. The Hall–Kier alpha value is -2.05. The highest BCUT2D eigenvalue weighted by Gasteiger charge is 2.41. The molecule has 2 amide bonds. The molecule has 2 heterocycles. The van der Waals surface area contributed by atoms with E-state index in [1.807, 2.05) is 0 Å². The van der Waals surface area contributed by atoms with Gasteiger partial charge in [-0.2, -0.15) is 13.2 Å². The van der Waals surface area contributed by atoms with E-state index in [4.69, 9.17) is 0 Å². The van der Waals surface area contributed by atoms with E-state index in [1.54, 1.807) is 6.07 Å². The van der Waals surface area contributed by atoms with E-state index in [0.717, 1.165) is 6.07 Å². The number of alkyl halides is 3. The molecule has 2 aliphatic rings. The van der Waals surface area contributed by atoms with Crippen LogP contribution in [0.5, 0.6) is 0 Å². The highest BCUT2D eigenvalue weighted by atomic mass is 19.4. The van der Waals surface area contributed by atoms with Gasteiger partial charge in [0.15, 0.2) is 0 Å². The number of rotatable bonds is 2. The van der Waals surface area contributed by atoms with Gasteiger partial charge in [0.1, 0.15) is 6.04 Å². The highest BCUT2D eigenvalue weighted by molar-refractivity contribution is 5.91. The van der Waals surface area contributed by atoms with Gasteiger partial charge in [-0.1, -0.05) is 18.2 Å². The molecule has 2 saturated heterocycles. The third kappa shape index (κ3) is 3.04. The second-order valence-electron chi connectivity index (χ2n) is 5.93. The van der Waals surface area contributed by atoms with E-state index < -0.39 is 23.8 Å². The van der Waals surface area contributed by atoms with Crippen molar-refractivity contribution in [1.82, 2.24) is 10.2 Å². The number of carbonyl (C=O) groups is 2. The van der Waals surface area contributed by atoms with Crippen LogP contribution in [0.15, 0.2) is 24.3 Å². The zero-order valence-electron chi connectivity index (χ0n) is 12.4. The van der Waals surface area contributed by atoms with Crippen LogP contribution in [-0.2, 0) is 15.8 Å². The van der Waals surface area contributed by atoms with Crippen molar-refractivity contribution in [3.63, 3.8) is 0 Å². The maximum absolute atomic E-state index is 13.2. The molecule has 7 heteroatoms. The summed E-state index contributed by atoms with van der Waals surface area (Å²) in [6.07, 6.45) is -2.60. The van der Waals surface area contributed by atoms with Gasteiger partial charge in [0.25, 0.3) is 0 Å². The summed E-state index contributed by atoms with van der Waals surface area (Å²) in [4.78, 5) is 25.3. The molecule has 124 valence electrons. The summed E-state index contributed by atoms with van der Waals surface area (Å²) >= 11 is 0. The van der Waals surface area contributed by atoms with Gasteiger partial charge in [-0.05, 0) is 30.9 Å². The Kier molecular flexibility index (Phi) is 4.04. The predicted octanol–water partition coefficient (Wildman–Crippen LogP) is 2.65. The largest absolute Gasteiger partial charge is 0.416 e. The van der Waals surface area contributed by atoms with E-state index in [1.165, 1.54) is 17.0 Å². The third-order valence-corrected chi connectivity index (χ3v) is 4.45. The van der Waals surface area contributed by atoms with E-state index in [0.29, 0.717) is 25.8 Å². The topological polar surface area (TPSA) is 49.4 Å². The normalized spacial score (nSPS) is 24.8. The van der Waals surface area contributed by atoms with Crippen molar-refractivity contribution in [1.29, 1.82) is 0 Å². The molecule has 23 heavy (non-hydrogen) atoms. The summed E-state index contributed by atoms with van der Waals surface area (Å²) in [5.41, 5.74) is -0.560. The molecular formula is C16H17F3N2O2. The minimum Gasteiger partial charge on any atom is -0.344 e. The van der Waals surface area contributed by atoms with Gasteiger partial charge in [0.05, 0.1) is 11.6 Å². The van der Waals surface area contributed by atoms with Crippen molar-refractivity contribution in [2.24, 2.45) is 0 Å². The SMILES string of the molecule is O=C1CC[C@@H](C(=O)N2CCC[C@H]2c2ccccc2C(F)(F)F)N1. The van der Waals surface area contributed by atoms with Crippen molar-refractivity contribution in [3.05, 3.63) is 35.4 Å². The van der Waals surface area contributed by atoms with Crippen molar-refractivity contribution < 1.29 is 22.8 Å². The minimum atomic E-state index is -4.45. The molecule has 2 aliphatic heterocycles. The number of benzene rings is 1. The van der Waals surface area contributed by atoms with Crippen LogP contribution >= 0.6 is 0 Å². The Labute approximate surface area is 131 Å². The molecule has 0 aliphatic carbocycles. The van der Waals surface area contributed by atoms with Gasteiger partial charge in [0, 0.05) is 13.0 Å². The first kappa shape index (κ1) is 15.8. The van der Waals surface area contributed by atoms with Gasteiger partial charge in [-0.15, -0.1) is 0 Å². The lowest BCUT2D eigenvalue weighted by molar-refractivity contribution is -0.141. The smallest absolute Gasteiger partial charge is 0.344 e. The average Bonchev–Trinajstić information content (AvgIpc) is 3.14. The van der Waals surface area contributed by atoms with Crippen LogP contribution < -0.4 is 5.32 Å². The van der Waals surface area contributed by atoms with Crippen molar-refractivity contribution in [2.75, 3.05) is 6.54 Å². The van der Waals surface area contributed by atoms with Crippen LogP contribution in [0, 0.1) is 0 Å². The molecule has 0 saturated carbocycles. The third-order valence-electron chi connectivity index (χ3n) is 4.45. The van der Waals surface area contributed by atoms with Crippen LogP contribution in [0.3, 0.4) is 0 Å². The van der Waals surface area contributed by atoms with Gasteiger partial charge < -0.3 is 10.2 Å². The molecular weight excluding hydrogens is 309 g/mol. The van der Waals surface area contributed by atoms with E-state index in [-0.39, 0.29) is 23.8 Å². The number of halogens is 3. The fraction of sp³-hybridized carbons (Fsp3) is 0.500. The van der Waals surface area contributed by atoms with Gasteiger partial charge in [-0.3, -0.25) is 9.59 Å². The summed E-state index contributed by atoms with van der Waals surface area (Å²) in [7, 11) is 0. The van der Waals surface area contributed by atoms with Crippen LogP contribution in [0.4, 0.5) is 13.2 Å². The lowest BCUT2D eigenvalue weighted by Crippen LogP contribution is -2.44.